The monoisotopic (exact) mass is 548 g/mol. The summed E-state index contributed by atoms with van der Waals surface area (Å²) in [5, 5.41) is 1.37. The lowest BCUT2D eigenvalue weighted by Gasteiger charge is -2.28. The Labute approximate surface area is 243 Å². The fourth-order valence-electron chi connectivity index (χ4n) is 5.84. The third-order valence-corrected chi connectivity index (χ3v) is 7.74. The third kappa shape index (κ3) is 4.09. The first-order chi connectivity index (χ1) is 20.4. The van der Waals surface area contributed by atoms with Gasteiger partial charge in [-0.25, -0.2) is 20.0 Å². The molecule has 1 aromatic heterocycles. The molecule has 0 saturated carbocycles. The second-order valence-corrected chi connectivity index (χ2v) is 10.6. The van der Waals surface area contributed by atoms with Crippen LogP contribution in [0.1, 0.15) is 22.3 Å². The number of allylic oxidation sites excluding steroid dienone is 1. The number of carbonyl (C=O) groups excluding carboxylic acids is 1. The Hall–Kier alpha value is -5.43. The summed E-state index contributed by atoms with van der Waals surface area (Å²) in [6.45, 7) is 8.48. The van der Waals surface area contributed by atoms with Crippen molar-refractivity contribution in [3.8, 4) is 0 Å². The molecule has 0 atom stereocenters. The number of aromatic nitrogens is 2. The van der Waals surface area contributed by atoms with Gasteiger partial charge in [0.05, 0.1) is 34.3 Å². The van der Waals surface area contributed by atoms with Crippen LogP contribution < -0.4 is 20.4 Å². The van der Waals surface area contributed by atoms with Crippen LogP contribution in [0.5, 0.6) is 0 Å². The van der Waals surface area contributed by atoms with Gasteiger partial charge in [-0.2, -0.15) is 0 Å². The molecule has 0 N–H and O–H groups in total. The van der Waals surface area contributed by atoms with Gasteiger partial charge in [-0.05, 0) is 80.3 Å². The van der Waals surface area contributed by atoms with Crippen LogP contribution in [0.2, 0.25) is 0 Å². The molecule has 7 nitrogen and oxygen atoms in total. The highest BCUT2D eigenvalue weighted by molar-refractivity contribution is 6.27. The molecular weight excluding hydrogens is 520 g/mol. The molecule has 2 aliphatic heterocycles. The molecule has 0 spiro atoms. The van der Waals surface area contributed by atoms with Crippen molar-refractivity contribution >= 4 is 57.9 Å². The largest absolute Gasteiger partial charge is 0.288 e. The van der Waals surface area contributed by atoms with Gasteiger partial charge >= 0.3 is 0 Å². The lowest BCUT2D eigenvalue weighted by molar-refractivity contribution is -0.111. The second-order valence-electron chi connectivity index (χ2n) is 10.6. The molecule has 3 heterocycles. The van der Waals surface area contributed by atoms with Crippen molar-refractivity contribution in [2.75, 3.05) is 9.80 Å². The summed E-state index contributed by atoms with van der Waals surface area (Å²) in [6, 6.07) is 26.3. The molecule has 1 amide bonds. The maximum Gasteiger partial charge on any atom is 0.288 e. The van der Waals surface area contributed by atoms with E-state index in [1.54, 1.807) is 0 Å². The van der Waals surface area contributed by atoms with Crippen molar-refractivity contribution in [3.05, 3.63) is 124 Å². The average molecular weight is 549 g/mol. The summed E-state index contributed by atoms with van der Waals surface area (Å²) in [7, 11) is 0. The molecule has 42 heavy (non-hydrogen) atoms. The Morgan fingerprint density at radius 1 is 0.619 bits per heavy atom. The van der Waals surface area contributed by atoms with E-state index < -0.39 is 0 Å². The number of aliphatic imine (C=N–C) groups is 1. The van der Waals surface area contributed by atoms with Gasteiger partial charge in [0.15, 0.2) is 11.6 Å². The highest BCUT2D eigenvalue weighted by atomic mass is 16.1. The summed E-state index contributed by atoms with van der Waals surface area (Å²) in [4.78, 5) is 35.5. The lowest BCUT2D eigenvalue weighted by atomic mass is 10.1. The van der Waals surface area contributed by atoms with Gasteiger partial charge in [-0.1, -0.05) is 60.7 Å². The first-order valence-electron chi connectivity index (χ1n) is 13.9. The number of nitrogens with zero attached hydrogens (tertiary/aromatic N) is 6. The molecule has 204 valence electrons. The molecule has 0 saturated heterocycles. The number of hydrogen-bond acceptors (Lipinski definition) is 6. The van der Waals surface area contributed by atoms with Gasteiger partial charge in [0.2, 0.25) is 0 Å². The van der Waals surface area contributed by atoms with E-state index in [9.17, 15) is 4.79 Å². The first kappa shape index (κ1) is 25.5. The first-order valence-corrected chi connectivity index (χ1v) is 13.9. The highest BCUT2D eigenvalue weighted by Crippen LogP contribution is 2.51. The van der Waals surface area contributed by atoms with Crippen LogP contribution in [0.25, 0.3) is 17.1 Å². The number of anilines is 4. The zero-order chi connectivity index (χ0) is 29.0. The van der Waals surface area contributed by atoms with E-state index in [1.165, 1.54) is 6.21 Å². The average Bonchev–Trinajstić information content (AvgIpc) is 3.27. The number of fused-ring (bicyclic) bond motifs is 3. The fourth-order valence-corrected chi connectivity index (χ4v) is 5.84. The maximum absolute atomic E-state index is 12.1. The zero-order valence-electron chi connectivity index (χ0n) is 23.8. The predicted molar refractivity (Wildman–Crippen MR) is 169 cm³/mol. The molecule has 4 aromatic carbocycles. The molecule has 7 heteroatoms. The summed E-state index contributed by atoms with van der Waals surface area (Å²) in [5.41, 5.74) is 8.92. The number of amides is 1. The van der Waals surface area contributed by atoms with Gasteiger partial charge in [-0.3, -0.25) is 14.6 Å². The van der Waals surface area contributed by atoms with Gasteiger partial charge in [-0.15, -0.1) is 0 Å². The van der Waals surface area contributed by atoms with Gasteiger partial charge in [0.1, 0.15) is 11.2 Å². The molecule has 5 aromatic rings. The van der Waals surface area contributed by atoms with Gasteiger partial charge in [0, 0.05) is 5.22 Å². The standard InChI is InChI=1S/C35H28N6O/c1-21-10-7-11-22(2)32(21)40-30(19-18-25-14-9-17-28-31(25)39-29(42)20-36-28)41(33-23(3)12-8-13-24(33)4)35-34(40)37-26-15-5-6-16-27(26)38-35/h5-20H,1-4H3/b25-18-. The summed E-state index contributed by atoms with van der Waals surface area (Å²) < 4.78 is 0. The number of hydrogen-bond donors (Lipinski definition) is 0. The Morgan fingerprint density at radius 3 is 1.69 bits per heavy atom. The zero-order valence-corrected chi connectivity index (χ0v) is 23.8. The minimum Gasteiger partial charge on any atom is -0.276 e. The van der Waals surface area contributed by atoms with Crippen LogP contribution in [0.3, 0.4) is 0 Å². The SMILES string of the molecule is Cc1cccc(C)c1N1C(=C/C=c2/cccc3c2=NC(=O)C=N3)N(c2c(C)cccc2C)c2nc3ccccc3nc21. The van der Waals surface area contributed by atoms with Crippen LogP contribution in [0.15, 0.2) is 101 Å². The van der Waals surface area contributed by atoms with Crippen LogP contribution in [0.4, 0.5) is 28.7 Å². The minimum atomic E-state index is -0.362. The van der Waals surface area contributed by atoms with Crippen molar-refractivity contribution in [2.24, 2.45) is 9.98 Å². The Bertz CT molecular complexity index is 1990. The summed E-state index contributed by atoms with van der Waals surface area (Å²) >= 11 is 0. The minimum absolute atomic E-state index is 0.362. The van der Waals surface area contributed by atoms with E-state index in [0.29, 0.717) is 11.0 Å². The Balaban J connectivity index is 1.59. The van der Waals surface area contributed by atoms with Gasteiger partial charge < -0.3 is 0 Å². The topological polar surface area (TPSA) is 74.1 Å². The number of rotatable bonds is 3. The highest BCUT2D eigenvalue weighted by Gasteiger charge is 2.38. The van der Waals surface area contributed by atoms with Crippen molar-refractivity contribution in [2.45, 2.75) is 27.7 Å². The van der Waals surface area contributed by atoms with E-state index in [-0.39, 0.29) is 5.91 Å². The smallest absolute Gasteiger partial charge is 0.276 e. The van der Waals surface area contributed by atoms with Crippen molar-refractivity contribution in [1.29, 1.82) is 0 Å². The molecule has 2 aliphatic rings. The molecule has 0 aliphatic carbocycles. The van der Waals surface area contributed by atoms with Crippen LogP contribution >= 0.6 is 0 Å². The molecule has 0 fully saturated rings. The van der Waals surface area contributed by atoms with E-state index in [4.69, 9.17) is 9.97 Å². The van der Waals surface area contributed by atoms with Crippen molar-refractivity contribution in [3.63, 3.8) is 0 Å². The number of carbonyl (C=O) groups is 1. The molecule has 0 radical (unpaired) electrons. The van der Waals surface area contributed by atoms with Crippen LogP contribution in [-0.2, 0) is 4.79 Å². The third-order valence-electron chi connectivity index (χ3n) is 7.74. The van der Waals surface area contributed by atoms with E-state index in [2.05, 4.69) is 90.0 Å². The van der Waals surface area contributed by atoms with Crippen molar-refractivity contribution < 1.29 is 4.79 Å². The number of para-hydroxylation sites is 5. The number of benzene rings is 4. The Morgan fingerprint density at radius 2 is 1.14 bits per heavy atom. The lowest BCUT2D eigenvalue weighted by Crippen LogP contribution is -2.29. The van der Waals surface area contributed by atoms with Crippen LogP contribution in [-0.4, -0.2) is 22.1 Å². The van der Waals surface area contributed by atoms with Crippen LogP contribution in [0, 0.1) is 27.7 Å². The quantitative estimate of drug-likeness (QED) is 0.263. The van der Waals surface area contributed by atoms with E-state index >= 15 is 0 Å². The summed E-state index contributed by atoms with van der Waals surface area (Å²) in [5.74, 6) is 2.03. The molecule has 7 rings (SSSR count). The molecule has 0 unspecified atom stereocenters. The maximum atomic E-state index is 12.1. The Kier molecular flexibility index (Phi) is 6.01. The predicted octanol–water partition coefficient (Wildman–Crippen LogP) is 6.34. The second kappa shape index (κ2) is 9.89. The van der Waals surface area contributed by atoms with Crippen molar-refractivity contribution in [1.82, 2.24) is 9.97 Å². The molecule has 0 bridgehead atoms. The summed E-state index contributed by atoms with van der Waals surface area (Å²) in [6.07, 6.45) is 5.32. The van der Waals surface area contributed by atoms with Gasteiger partial charge in [0.25, 0.3) is 5.91 Å². The van der Waals surface area contributed by atoms with E-state index in [1.807, 2.05) is 48.5 Å². The normalized spacial score (nSPS) is 14.3. The fraction of sp³-hybridized carbons (Fsp3) is 0.114. The van der Waals surface area contributed by atoms with E-state index in [0.717, 1.165) is 67.3 Å². The molecular formula is C35H28N6O. The number of aryl methyl sites for hydroxylation is 4.